The van der Waals surface area contributed by atoms with Gasteiger partial charge in [-0.1, -0.05) is 12.1 Å². The van der Waals surface area contributed by atoms with Crippen LogP contribution in [0, 0.1) is 6.92 Å². The maximum absolute atomic E-state index is 13.0. The molecule has 0 unspecified atom stereocenters. The number of carbonyl (C=O) groups excluding carboxylic acids is 1. The molecule has 0 aliphatic carbocycles. The summed E-state index contributed by atoms with van der Waals surface area (Å²) in [4.78, 5) is 29.7. The number of anilines is 3. The monoisotopic (exact) mass is 442 g/mol. The van der Waals surface area contributed by atoms with Crippen molar-refractivity contribution >= 4 is 34.6 Å². The number of fused-ring (bicyclic) bond motifs is 1. The lowest BCUT2D eigenvalue weighted by Crippen LogP contribution is -2.56. The maximum Gasteiger partial charge on any atom is 0.322 e. The molecule has 32 heavy (non-hydrogen) atoms. The van der Waals surface area contributed by atoms with E-state index in [1.165, 1.54) is 14.2 Å². The molecule has 1 fully saturated rings. The van der Waals surface area contributed by atoms with E-state index >= 15 is 0 Å². The smallest absolute Gasteiger partial charge is 0.322 e. The number of nitrogens with zero attached hydrogens (tertiary/aromatic N) is 6. The Morgan fingerprint density at radius 3 is 2.78 bits per heavy atom. The Balaban J connectivity index is 1.53. The topological polar surface area (TPSA) is 145 Å². The highest BCUT2D eigenvalue weighted by atomic mass is 16.5. The quantitative estimate of drug-likeness (QED) is 0.602. The first-order valence-electron chi connectivity index (χ1n) is 10.3. The number of hydrogen-bond donors (Lipinski definition) is 2. The highest BCUT2D eigenvalue weighted by molar-refractivity contribution is 5.91. The first-order valence-corrected chi connectivity index (χ1v) is 10.3. The zero-order valence-corrected chi connectivity index (χ0v) is 18.5. The van der Waals surface area contributed by atoms with Crippen LogP contribution in [0.3, 0.4) is 0 Å². The van der Waals surface area contributed by atoms with Crippen LogP contribution in [-0.2, 0) is 0 Å². The number of nitrogens with one attached hydrogen (secondary N) is 1. The number of carbonyl (C=O) groups is 1. The van der Waals surface area contributed by atoms with Crippen LogP contribution >= 0.6 is 0 Å². The zero-order chi connectivity index (χ0) is 22.8. The number of rotatable bonds is 5. The van der Waals surface area contributed by atoms with E-state index in [9.17, 15) is 4.79 Å². The number of hydrogen-bond acceptors (Lipinski definition) is 10. The van der Waals surface area contributed by atoms with E-state index in [4.69, 9.17) is 19.7 Å². The van der Waals surface area contributed by atoms with Gasteiger partial charge in [0.1, 0.15) is 16.9 Å². The van der Waals surface area contributed by atoms with Crippen molar-refractivity contribution in [2.75, 3.05) is 49.8 Å². The molecule has 1 atom stereocenters. The van der Waals surface area contributed by atoms with E-state index in [-0.39, 0.29) is 23.9 Å². The lowest BCUT2D eigenvalue weighted by molar-refractivity contribution is 0.197. The normalized spacial score (nSPS) is 16.3. The summed E-state index contributed by atoms with van der Waals surface area (Å²) in [7, 11) is 3.01. The summed E-state index contributed by atoms with van der Waals surface area (Å²) in [5.74, 6) is 1.44. The van der Waals surface area contributed by atoms with Crippen molar-refractivity contribution in [1.82, 2.24) is 25.0 Å². The van der Waals surface area contributed by atoms with Crippen molar-refractivity contribution in [1.29, 1.82) is 0 Å². The third kappa shape index (κ3) is 3.90. The number of amides is 2. The molecule has 12 nitrogen and oxygen atoms in total. The van der Waals surface area contributed by atoms with Gasteiger partial charge >= 0.3 is 6.03 Å². The number of pyridine rings is 1. The molecule has 1 aliphatic heterocycles. The van der Waals surface area contributed by atoms with Crippen LogP contribution in [0.5, 0.6) is 11.8 Å². The largest absolute Gasteiger partial charge is 0.481 e. The summed E-state index contributed by atoms with van der Waals surface area (Å²) < 4.78 is 15.9. The number of nitrogen functional groups attached to an aromatic ring is 1. The molecule has 0 aromatic carbocycles. The van der Waals surface area contributed by atoms with Crippen LogP contribution in [-0.4, -0.2) is 70.9 Å². The molecule has 170 valence electrons. The number of aryl methyl sites for hydroxylation is 1. The number of piperazine rings is 1. The minimum atomic E-state index is -0.240. The molecule has 3 aromatic rings. The molecule has 0 radical (unpaired) electrons. The second-order valence-electron chi connectivity index (χ2n) is 7.39. The summed E-state index contributed by atoms with van der Waals surface area (Å²) >= 11 is 0. The Morgan fingerprint density at radius 1 is 1.25 bits per heavy atom. The van der Waals surface area contributed by atoms with Crippen molar-refractivity contribution in [2.24, 2.45) is 0 Å². The van der Waals surface area contributed by atoms with Crippen LogP contribution in [0.4, 0.5) is 22.2 Å². The molecular weight excluding hydrogens is 416 g/mol. The highest BCUT2D eigenvalue weighted by Gasteiger charge is 2.32. The fourth-order valence-electron chi connectivity index (χ4n) is 3.79. The third-order valence-electron chi connectivity index (χ3n) is 5.47. The van der Waals surface area contributed by atoms with Crippen molar-refractivity contribution in [3.05, 3.63) is 17.8 Å². The molecule has 0 spiro atoms. The zero-order valence-electron chi connectivity index (χ0n) is 18.5. The molecule has 1 aliphatic rings. The minimum Gasteiger partial charge on any atom is -0.481 e. The molecule has 4 heterocycles. The predicted octanol–water partition coefficient (Wildman–Crippen LogP) is 2.05. The lowest BCUT2D eigenvalue weighted by atomic mass is 10.1. The number of aromatic nitrogens is 4. The molecule has 3 N–H and O–H groups in total. The van der Waals surface area contributed by atoms with Gasteiger partial charge in [-0.3, -0.25) is 0 Å². The Hall–Kier alpha value is -3.83. The minimum absolute atomic E-state index is 0.00768. The Labute approximate surface area is 184 Å². The van der Waals surface area contributed by atoms with E-state index in [0.717, 1.165) is 6.42 Å². The number of urea groups is 1. The van der Waals surface area contributed by atoms with Gasteiger partial charge < -0.3 is 34.8 Å². The molecule has 3 aromatic heterocycles. The Kier molecular flexibility index (Phi) is 5.84. The molecule has 12 heteroatoms. The standard InChI is InChI=1S/C20H26N8O4/c1-5-12-10-27(20(29)22-13-6-7-14(30-3)23-18(13)31-4)8-9-28(12)17-16-15(11(2)26-32-16)24-19(21)25-17/h6-7,12H,5,8-10H2,1-4H3,(H,22,29)(H2,21,24,25)/t12-/m0/s1. The van der Waals surface area contributed by atoms with Crippen molar-refractivity contribution in [3.8, 4) is 11.8 Å². The van der Waals surface area contributed by atoms with Crippen molar-refractivity contribution < 1.29 is 18.8 Å². The number of ether oxygens (including phenoxy) is 2. The third-order valence-corrected chi connectivity index (χ3v) is 5.47. The number of methoxy groups -OCH3 is 2. The first kappa shape index (κ1) is 21.4. The summed E-state index contributed by atoms with van der Waals surface area (Å²) in [5, 5.41) is 6.88. The van der Waals surface area contributed by atoms with Gasteiger partial charge in [0.2, 0.25) is 23.3 Å². The SMILES string of the molecule is CC[C@H]1CN(C(=O)Nc2ccc(OC)nc2OC)CCN1c1nc(N)nc2c(C)noc12. The summed E-state index contributed by atoms with van der Waals surface area (Å²) in [5.41, 5.74) is 8.16. The van der Waals surface area contributed by atoms with Gasteiger partial charge in [0.25, 0.3) is 0 Å². The first-order chi connectivity index (χ1) is 15.4. The molecule has 0 bridgehead atoms. The molecular formula is C20H26N8O4. The fourth-order valence-corrected chi connectivity index (χ4v) is 3.79. The van der Waals surface area contributed by atoms with Gasteiger partial charge in [0.05, 0.1) is 14.2 Å². The van der Waals surface area contributed by atoms with E-state index in [2.05, 4.69) is 37.2 Å². The fraction of sp³-hybridized carbons (Fsp3) is 0.450. The Bertz CT molecular complexity index is 1130. The van der Waals surface area contributed by atoms with Gasteiger partial charge in [-0.05, 0) is 19.4 Å². The second kappa shape index (κ2) is 8.73. The van der Waals surface area contributed by atoms with E-state index in [1.54, 1.807) is 17.0 Å². The van der Waals surface area contributed by atoms with Gasteiger partial charge in [-0.15, -0.1) is 0 Å². The van der Waals surface area contributed by atoms with Crippen LogP contribution in [0.2, 0.25) is 0 Å². The van der Waals surface area contributed by atoms with E-state index in [0.29, 0.717) is 53.8 Å². The van der Waals surface area contributed by atoms with Crippen LogP contribution in [0.1, 0.15) is 19.0 Å². The molecule has 1 saturated heterocycles. The molecule has 4 rings (SSSR count). The van der Waals surface area contributed by atoms with Gasteiger partial charge in [0.15, 0.2) is 5.82 Å². The average Bonchev–Trinajstić information content (AvgIpc) is 3.18. The lowest BCUT2D eigenvalue weighted by Gasteiger charge is -2.41. The van der Waals surface area contributed by atoms with E-state index < -0.39 is 0 Å². The second-order valence-corrected chi connectivity index (χ2v) is 7.39. The van der Waals surface area contributed by atoms with Crippen molar-refractivity contribution in [2.45, 2.75) is 26.3 Å². The highest BCUT2D eigenvalue weighted by Crippen LogP contribution is 2.31. The molecule has 0 saturated carbocycles. The number of nitrogens with two attached hydrogens (primary N) is 1. The summed E-state index contributed by atoms with van der Waals surface area (Å²) in [6.45, 7) is 5.39. The average molecular weight is 442 g/mol. The van der Waals surface area contributed by atoms with Crippen LogP contribution < -0.4 is 25.4 Å². The van der Waals surface area contributed by atoms with Gasteiger partial charge in [-0.25, -0.2) is 9.78 Å². The predicted molar refractivity (Wildman–Crippen MR) is 118 cm³/mol. The van der Waals surface area contributed by atoms with E-state index in [1.807, 2.05) is 6.92 Å². The Morgan fingerprint density at radius 2 is 2.06 bits per heavy atom. The molecule has 2 amide bonds. The summed E-state index contributed by atoms with van der Waals surface area (Å²) in [6, 6.07) is 3.13. The van der Waals surface area contributed by atoms with Gasteiger partial charge in [0, 0.05) is 31.7 Å². The van der Waals surface area contributed by atoms with Crippen LogP contribution in [0.25, 0.3) is 11.1 Å². The van der Waals surface area contributed by atoms with Crippen LogP contribution in [0.15, 0.2) is 16.7 Å². The van der Waals surface area contributed by atoms with Crippen molar-refractivity contribution in [3.63, 3.8) is 0 Å². The maximum atomic E-state index is 13.0. The van der Waals surface area contributed by atoms with Gasteiger partial charge in [-0.2, -0.15) is 9.97 Å². The summed E-state index contributed by atoms with van der Waals surface area (Å²) in [6.07, 6.45) is 0.787.